The lowest BCUT2D eigenvalue weighted by Crippen LogP contribution is -2.46. The summed E-state index contributed by atoms with van der Waals surface area (Å²) in [7, 11) is 0. The van der Waals surface area contributed by atoms with Crippen LogP contribution in [0.2, 0.25) is 0 Å². The largest absolute Gasteiger partial charge is 0.491 e. The number of ether oxygens (including phenoxy) is 1. The zero-order chi connectivity index (χ0) is 25.1. The standard InChI is InChI=1S/C30H32N2O4.ClH/c1-2-7-22-8-3-4-13-27(22)36-20-24(33)19-31-16-14-21(15-17-31)18-32-29(34)25-11-5-9-23-10-6-12-26(28(23)25)30(32)35;/h2-6,8-13,21,24,33H,1,7,14-20H2;1H. The second kappa shape index (κ2) is 11.9. The molecule has 1 N–H and O–H groups in total. The van der Waals surface area contributed by atoms with Crippen molar-refractivity contribution in [3.63, 3.8) is 0 Å². The average molecular weight is 521 g/mol. The normalized spacial score (nSPS) is 16.9. The maximum Gasteiger partial charge on any atom is 0.261 e. The van der Waals surface area contributed by atoms with E-state index in [1.165, 1.54) is 4.90 Å². The van der Waals surface area contributed by atoms with Crippen molar-refractivity contribution in [3.8, 4) is 5.75 Å². The number of para-hydroxylation sites is 1. The minimum Gasteiger partial charge on any atom is -0.491 e. The van der Waals surface area contributed by atoms with Gasteiger partial charge in [-0.3, -0.25) is 14.5 Å². The molecular formula is C30H33ClN2O4. The molecule has 1 atom stereocenters. The van der Waals surface area contributed by atoms with Crippen molar-refractivity contribution in [2.75, 3.05) is 32.8 Å². The molecule has 2 amide bonds. The molecule has 0 aliphatic carbocycles. The van der Waals surface area contributed by atoms with Gasteiger partial charge in [0.1, 0.15) is 18.5 Å². The Morgan fingerprint density at radius 2 is 1.62 bits per heavy atom. The summed E-state index contributed by atoms with van der Waals surface area (Å²) in [6.45, 7) is 6.62. The van der Waals surface area contributed by atoms with Gasteiger partial charge < -0.3 is 14.7 Å². The first-order valence-electron chi connectivity index (χ1n) is 12.6. The van der Waals surface area contributed by atoms with Crippen molar-refractivity contribution in [2.45, 2.75) is 25.4 Å². The van der Waals surface area contributed by atoms with Gasteiger partial charge in [-0.2, -0.15) is 0 Å². The molecule has 0 radical (unpaired) electrons. The first-order chi connectivity index (χ1) is 17.5. The first kappa shape index (κ1) is 26.9. The number of nitrogens with zero attached hydrogens (tertiary/aromatic N) is 2. The lowest BCUT2D eigenvalue weighted by Gasteiger charge is -2.36. The predicted molar refractivity (Wildman–Crippen MR) is 148 cm³/mol. The molecule has 7 heteroatoms. The maximum absolute atomic E-state index is 13.2. The summed E-state index contributed by atoms with van der Waals surface area (Å²) < 4.78 is 5.88. The van der Waals surface area contributed by atoms with Gasteiger partial charge in [-0.15, -0.1) is 19.0 Å². The predicted octanol–water partition coefficient (Wildman–Crippen LogP) is 4.74. The van der Waals surface area contributed by atoms with Crippen LogP contribution in [-0.2, 0) is 6.42 Å². The van der Waals surface area contributed by atoms with Gasteiger partial charge in [0.05, 0.1) is 0 Å². The van der Waals surface area contributed by atoms with Crippen LogP contribution in [0, 0.1) is 5.92 Å². The highest BCUT2D eigenvalue weighted by Gasteiger charge is 2.34. The highest BCUT2D eigenvalue weighted by atomic mass is 35.5. The fraction of sp³-hybridized carbons (Fsp3) is 0.333. The number of aliphatic hydroxyl groups is 1. The molecule has 2 heterocycles. The van der Waals surface area contributed by atoms with Gasteiger partial charge in [0.25, 0.3) is 11.8 Å². The molecule has 0 aromatic heterocycles. The van der Waals surface area contributed by atoms with Crippen LogP contribution in [0.25, 0.3) is 10.8 Å². The number of β-amino-alcohol motifs (C(OH)–C–C–N with tert-alkyl or cyclic N) is 1. The van der Waals surface area contributed by atoms with E-state index in [1.807, 2.05) is 66.7 Å². The third-order valence-electron chi connectivity index (χ3n) is 7.24. The fourth-order valence-electron chi connectivity index (χ4n) is 5.36. The van der Waals surface area contributed by atoms with E-state index in [4.69, 9.17) is 4.74 Å². The molecule has 1 unspecified atom stereocenters. The van der Waals surface area contributed by atoms with Gasteiger partial charge in [-0.05, 0) is 67.4 Å². The van der Waals surface area contributed by atoms with Gasteiger partial charge in [0.15, 0.2) is 0 Å². The number of rotatable bonds is 9. The number of piperidine rings is 1. The molecule has 0 bridgehead atoms. The van der Waals surface area contributed by atoms with Gasteiger partial charge >= 0.3 is 0 Å². The van der Waals surface area contributed by atoms with Crippen LogP contribution >= 0.6 is 12.4 Å². The zero-order valence-corrected chi connectivity index (χ0v) is 21.7. The minimum atomic E-state index is -0.597. The van der Waals surface area contributed by atoms with Crippen LogP contribution in [0.1, 0.15) is 39.1 Å². The lowest BCUT2D eigenvalue weighted by molar-refractivity contribution is 0.0452. The van der Waals surface area contributed by atoms with E-state index in [0.29, 0.717) is 24.2 Å². The Morgan fingerprint density at radius 1 is 0.973 bits per heavy atom. The Bertz CT molecular complexity index is 1230. The Kier molecular flexibility index (Phi) is 8.64. The van der Waals surface area contributed by atoms with Crippen molar-refractivity contribution >= 4 is 35.0 Å². The van der Waals surface area contributed by atoms with Gasteiger partial charge in [0.2, 0.25) is 0 Å². The number of benzene rings is 3. The van der Waals surface area contributed by atoms with Crippen LogP contribution in [0.3, 0.4) is 0 Å². The molecule has 0 spiro atoms. The summed E-state index contributed by atoms with van der Waals surface area (Å²) in [5.74, 6) is 0.633. The summed E-state index contributed by atoms with van der Waals surface area (Å²) in [4.78, 5) is 30.1. The molecule has 3 aromatic carbocycles. The Balaban J connectivity index is 0.00000320. The third kappa shape index (κ3) is 5.72. The zero-order valence-electron chi connectivity index (χ0n) is 20.8. The number of carbonyl (C=O) groups is 2. The smallest absolute Gasteiger partial charge is 0.261 e. The number of imide groups is 1. The molecule has 1 saturated heterocycles. The molecule has 0 saturated carbocycles. The molecule has 1 fully saturated rings. The van der Waals surface area contributed by atoms with E-state index in [0.717, 1.165) is 54.4 Å². The third-order valence-corrected chi connectivity index (χ3v) is 7.24. The highest BCUT2D eigenvalue weighted by molar-refractivity contribution is 6.25. The number of allylic oxidation sites excluding steroid dienone is 1. The molecule has 2 aliphatic rings. The molecule has 6 nitrogen and oxygen atoms in total. The Morgan fingerprint density at radius 3 is 2.27 bits per heavy atom. The molecule has 3 aromatic rings. The Labute approximate surface area is 223 Å². The van der Waals surface area contributed by atoms with Crippen molar-refractivity contribution in [2.24, 2.45) is 5.92 Å². The average Bonchev–Trinajstić information content (AvgIpc) is 2.90. The molecule has 37 heavy (non-hydrogen) atoms. The van der Waals surface area contributed by atoms with E-state index in [9.17, 15) is 14.7 Å². The maximum atomic E-state index is 13.2. The Hall–Kier alpha value is -3.19. The van der Waals surface area contributed by atoms with Gasteiger partial charge in [-0.25, -0.2) is 0 Å². The van der Waals surface area contributed by atoms with Crippen LogP contribution < -0.4 is 4.74 Å². The first-order valence-corrected chi connectivity index (χ1v) is 12.6. The summed E-state index contributed by atoms with van der Waals surface area (Å²) in [5, 5.41) is 12.3. The lowest BCUT2D eigenvalue weighted by atomic mass is 9.91. The molecule has 2 aliphatic heterocycles. The SMILES string of the molecule is C=CCc1ccccc1OCC(O)CN1CCC(CN2C(=O)c3cccc4cccc(c34)C2=O)CC1.Cl. The number of halogens is 1. The van der Waals surface area contributed by atoms with E-state index in [1.54, 1.807) is 0 Å². The summed E-state index contributed by atoms with van der Waals surface area (Å²) in [5.41, 5.74) is 2.28. The van der Waals surface area contributed by atoms with Crippen LogP contribution in [0.5, 0.6) is 5.75 Å². The topological polar surface area (TPSA) is 70.1 Å². The van der Waals surface area contributed by atoms with Crippen molar-refractivity contribution < 1.29 is 19.4 Å². The van der Waals surface area contributed by atoms with Crippen molar-refractivity contribution in [3.05, 3.63) is 90.0 Å². The number of carbonyl (C=O) groups excluding carboxylic acids is 2. The summed E-state index contributed by atoms with van der Waals surface area (Å²) in [6, 6.07) is 19.1. The van der Waals surface area contributed by atoms with E-state index in [2.05, 4.69) is 11.5 Å². The molecular weight excluding hydrogens is 488 g/mol. The van der Waals surface area contributed by atoms with Crippen LogP contribution in [0.4, 0.5) is 0 Å². The number of likely N-dealkylation sites (tertiary alicyclic amines) is 1. The molecule has 5 rings (SSSR count). The second-order valence-corrected chi connectivity index (χ2v) is 9.74. The van der Waals surface area contributed by atoms with Crippen LogP contribution in [0.15, 0.2) is 73.3 Å². The van der Waals surface area contributed by atoms with Crippen LogP contribution in [-0.4, -0.2) is 65.6 Å². The summed E-state index contributed by atoms with van der Waals surface area (Å²) in [6.07, 6.45) is 3.72. The van der Waals surface area contributed by atoms with Crippen molar-refractivity contribution in [1.29, 1.82) is 0 Å². The van der Waals surface area contributed by atoms with E-state index >= 15 is 0 Å². The van der Waals surface area contributed by atoms with Gasteiger partial charge in [-0.1, -0.05) is 48.5 Å². The van der Waals surface area contributed by atoms with Crippen molar-refractivity contribution in [1.82, 2.24) is 9.80 Å². The number of amides is 2. The number of hydrogen-bond acceptors (Lipinski definition) is 5. The van der Waals surface area contributed by atoms with E-state index < -0.39 is 6.10 Å². The number of aliphatic hydroxyl groups excluding tert-OH is 1. The number of hydrogen-bond donors (Lipinski definition) is 1. The van der Waals surface area contributed by atoms with E-state index in [-0.39, 0.29) is 36.7 Å². The second-order valence-electron chi connectivity index (χ2n) is 9.74. The molecule has 194 valence electrons. The highest BCUT2D eigenvalue weighted by Crippen LogP contribution is 2.31. The minimum absolute atomic E-state index is 0. The quantitative estimate of drug-likeness (QED) is 0.326. The van der Waals surface area contributed by atoms with Gasteiger partial charge in [0, 0.05) is 29.6 Å². The monoisotopic (exact) mass is 520 g/mol. The summed E-state index contributed by atoms with van der Waals surface area (Å²) >= 11 is 0. The fourth-order valence-corrected chi connectivity index (χ4v) is 5.36.